The highest BCUT2D eigenvalue weighted by molar-refractivity contribution is 5.88. The first-order valence-corrected chi connectivity index (χ1v) is 4.95. The minimum atomic E-state index is -4.88. The summed E-state index contributed by atoms with van der Waals surface area (Å²) < 4.78 is 44.4. The molecule has 1 rings (SSSR count). The highest BCUT2D eigenvalue weighted by Gasteiger charge is 2.32. The SMILES string of the molecule is COC(=O)C#CC(O)c1ccccc1OC(F)(F)F. The predicted octanol–water partition coefficient (Wildman–Crippen LogP) is 1.79. The van der Waals surface area contributed by atoms with Gasteiger partial charge in [-0.1, -0.05) is 24.1 Å². The molecule has 102 valence electrons. The van der Waals surface area contributed by atoms with Crippen LogP contribution in [-0.2, 0) is 9.53 Å². The Labute approximate surface area is 106 Å². The number of esters is 1. The number of alkyl halides is 3. The van der Waals surface area contributed by atoms with Gasteiger partial charge in [0.25, 0.3) is 0 Å². The molecule has 0 heterocycles. The lowest BCUT2D eigenvalue weighted by Crippen LogP contribution is -2.18. The number of rotatable bonds is 2. The van der Waals surface area contributed by atoms with Gasteiger partial charge in [-0.05, 0) is 6.07 Å². The first-order valence-electron chi connectivity index (χ1n) is 4.95. The molecular formula is C12H9F3O4. The number of aliphatic hydroxyl groups excluding tert-OH is 1. The Kier molecular flexibility index (Phi) is 4.78. The van der Waals surface area contributed by atoms with E-state index in [1.54, 1.807) is 0 Å². The minimum Gasteiger partial charge on any atom is -0.459 e. The number of benzene rings is 1. The largest absolute Gasteiger partial charge is 0.573 e. The molecule has 0 saturated heterocycles. The molecule has 0 aliphatic rings. The third-order valence-corrected chi connectivity index (χ3v) is 1.94. The number of aliphatic hydroxyl groups is 1. The number of methoxy groups -OCH3 is 1. The van der Waals surface area contributed by atoms with Crippen molar-refractivity contribution in [1.29, 1.82) is 0 Å². The third-order valence-electron chi connectivity index (χ3n) is 1.94. The first kappa shape index (κ1) is 14.9. The molecule has 1 N–H and O–H groups in total. The summed E-state index contributed by atoms with van der Waals surface area (Å²) in [6, 6.07) is 4.95. The van der Waals surface area contributed by atoms with Gasteiger partial charge >= 0.3 is 12.3 Å². The molecule has 7 heteroatoms. The van der Waals surface area contributed by atoms with Gasteiger partial charge < -0.3 is 14.6 Å². The fourth-order valence-electron chi connectivity index (χ4n) is 1.18. The van der Waals surface area contributed by atoms with E-state index in [4.69, 9.17) is 0 Å². The van der Waals surface area contributed by atoms with Crippen molar-refractivity contribution in [1.82, 2.24) is 0 Å². The number of carbonyl (C=O) groups is 1. The van der Waals surface area contributed by atoms with E-state index < -0.39 is 24.2 Å². The Balaban J connectivity index is 2.99. The molecule has 1 unspecified atom stereocenters. The maximum atomic E-state index is 12.1. The van der Waals surface area contributed by atoms with E-state index in [1.165, 1.54) is 18.2 Å². The van der Waals surface area contributed by atoms with Gasteiger partial charge in [-0.3, -0.25) is 0 Å². The van der Waals surface area contributed by atoms with E-state index in [0.717, 1.165) is 13.2 Å². The Hall–Kier alpha value is -2.20. The van der Waals surface area contributed by atoms with Crippen LogP contribution in [-0.4, -0.2) is 24.5 Å². The summed E-state index contributed by atoms with van der Waals surface area (Å²) in [7, 11) is 1.09. The molecule has 4 nitrogen and oxygen atoms in total. The van der Waals surface area contributed by atoms with Crippen LogP contribution in [0.15, 0.2) is 24.3 Å². The fourth-order valence-corrected chi connectivity index (χ4v) is 1.18. The van der Waals surface area contributed by atoms with Crippen LogP contribution in [0.2, 0.25) is 0 Å². The number of carbonyl (C=O) groups excluding carboxylic acids is 1. The molecule has 1 aromatic carbocycles. The summed E-state index contributed by atoms with van der Waals surface area (Å²) in [5.74, 6) is 2.49. The zero-order valence-electron chi connectivity index (χ0n) is 9.69. The summed E-state index contributed by atoms with van der Waals surface area (Å²) in [6.07, 6.45) is -6.48. The molecule has 0 fully saturated rings. The number of para-hydroxylation sites is 1. The van der Waals surface area contributed by atoms with Crippen molar-refractivity contribution in [3.63, 3.8) is 0 Å². The van der Waals surface area contributed by atoms with Gasteiger partial charge in [-0.25, -0.2) is 4.79 Å². The maximum Gasteiger partial charge on any atom is 0.573 e. The van der Waals surface area contributed by atoms with Crippen LogP contribution in [0.4, 0.5) is 13.2 Å². The van der Waals surface area contributed by atoms with E-state index in [9.17, 15) is 23.1 Å². The molecule has 1 atom stereocenters. The molecule has 0 bridgehead atoms. The smallest absolute Gasteiger partial charge is 0.459 e. The fraction of sp³-hybridized carbons (Fsp3) is 0.250. The van der Waals surface area contributed by atoms with Crippen molar-refractivity contribution in [2.45, 2.75) is 12.5 Å². The van der Waals surface area contributed by atoms with Crippen LogP contribution in [0.3, 0.4) is 0 Å². The van der Waals surface area contributed by atoms with Crippen LogP contribution in [0.5, 0.6) is 5.75 Å². The van der Waals surface area contributed by atoms with Gasteiger partial charge in [0.2, 0.25) is 0 Å². The Morgan fingerprint density at radius 2 is 2.00 bits per heavy atom. The lowest BCUT2D eigenvalue weighted by Gasteiger charge is -2.13. The molecule has 0 radical (unpaired) electrons. The average molecular weight is 274 g/mol. The highest BCUT2D eigenvalue weighted by Crippen LogP contribution is 2.29. The number of halogens is 3. The van der Waals surface area contributed by atoms with Crippen molar-refractivity contribution in [2.24, 2.45) is 0 Å². The van der Waals surface area contributed by atoms with E-state index in [-0.39, 0.29) is 5.56 Å². The van der Waals surface area contributed by atoms with Crippen molar-refractivity contribution in [3.05, 3.63) is 29.8 Å². The van der Waals surface area contributed by atoms with Crippen molar-refractivity contribution in [2.75, 3.05) is 7.11 Å². The van der Waals surface area contributed by atoms with E-state index in [0.29, 0.717) is 0 Å². The zero-order valence-corrected chi connectivity index (χ0v) is 9.69. The van der Waals surface area contributed by atoms with Gasteiger partial charge in [0.1, 0.15) is 11.9 Å². The Bertz CT molecular complexity index is 514. The maximum absolute atomic E-state index is 12.1. The predicted molar refractivity (Wildman–Crippen MR) is 57.9 cm³/mol. The van der Waals surface area contributed by atoms with Crippen LogP contribution in [0.25, 0.3) is 0 Å². The van der Waals surface area contributed by atoms with Gasteiger partial charge in [-0.15, -0.1) is 13.2 Å². The normalized spacial score (nSPS) is 12.1. The molecule has 0 spiro atoms. The molecule has 0 aliphatic heterocycles. The summed E-state index contributed by atoms with van der Waals surface area (Å²) in [4.78, 5) is 10.7. The van der Waals surface area contributed by atoms with Crippen LogP contribution in [0, 0.1) is 11.8 Å². The van der Waals surface area contributed by atoms with Crippen LogP contribution < -0.4 is 4.74 Å². The Morgan fingerprint density at radius 1 is 1.37 bits per heavy atom. The summed E-state index contributed by atoms with van der Waals surface area (Å²) in [5.41, 5.74) is -0.198. The van der Waals surface area contributed by atoms with E-state index in [1.807, 2.05) is 5.92 Å². The minimum absolute atomic E-state index is 0.198. The van der Waals surface area contributed by atoms with E-state index >= 15 is 0 Å². The standard InChI is InChI=1S/C12H9F3O4/c1-18-11(17)7-6-9(16)8-4-2-3-5-10(8)19-12(13,14)15/h2-5,9,16H,1H3. The molecular weight excluding hydrogens is 265 g/mol. The van der Waals surface area contributed by atoms with Gasteiger partial charge in [0.05, 0.1) is 7.11 Å². The third kappa shape index (κ3) is 4.89. The number of hydrogen-bond acceptors (Lipinski definition) is 4. The average Bonchev–Trinajstić information content (AvgIpc) is 2.34. The second kappa shape index (κ2) is 6.11. The monoisotopic (exact) mass is 274 g/mol. The van der Waals surface area contributed by atoms with Crippen molar-refractivity contribution >= 4 is 5.97 Å². The quantitative estimate of drug-likeness (QED) is 0.507. The number of hydrogen-bond donors (Lipinski definition) is 1. The molecule has 1 aromatic rings. The highest BCUT2D eigenvalue weighted by atomic mass is 19.4. The summed E-state index contributed by atoms with van der Waals surface area (Å²) in [6.45, 7) is 0. The second-order valence-electron chi connectivity index (χ2n) is 3.25. The molecule has 0 aliphatic carbocycles. The topological polar surface area (TPSA) is 55.8 Å². The molecule has 19 heavy (non-hydrogen) atoms. The van der Waals surface area contributed by atoms with Gasteiger partial charge in [0.15, 0.2) is 0 Å². The lowest BCUT2D eigenvalue weighted by atomic mass is 10.1. The molecule has 0 amide bonds. The second-order valence-corrected chi connectivity index (χ2v) is 3.25. The summed E-state index contributed by atoms with van der Waals surface area (Å²) in [5, 5.41) is 9.61. The molecule has 0 saturated carbocycles. The van der Waals surface area contributed by atoms with Gasteiger partial charge in [0, 0.05) is 11.5 Å². The zero-order chi connectivity index (χ0) is 14.5. The van der Waals surface area contributed by atoms with Crippen LogP contribution in [0.1, 0.15) is 11.7 Å². The Morgan fingerprint density at radius 3 is 2.58 bits per heavy atom. The van der Waals surface area contributed by atoms with Crippen molar-refractivity contribution in [3.8, 4) is 17.6 Å². The number of ether oxygens (including phenoxy) is 2. The van der Waals surface area contributed by atoms with Crippen LogP contribution >= 0.6 is 0 Å². The summed E-state index contributed by atoms with van der Waals surface area (Å²) >= 11 is 0. The lowest BCUT2D eigenvalue weighted by molar-refractivity contribution is -0.275. The van der Waals surface area contributed by atoms with E-state index in [2.05, 4.69) is 15.4 Å². The molecule has 0 aromatic heterocycles. The first-order chi connectivity index (χ1) is 8.83. The van der Waals surface area contributed by atoms with Gasteiger partial charge in [-0.2, -0.15) is 0 Å². The van der Waals surface area contributed by atoms with Crippen molar-refractivity contribution < 1.29 is 32.5 Å².